The quantitative estimate of drug-likeness (QED) is 0.611. The van der Waals surface area contributed by atoms with Crippen LogP contribution in [0, 0.1) is 0 Å². The molecule has 82 valence electrons. The van der Waals surface area contributed by atoms with Crippen molar-refractivity contribution in [2.75, 3.05) is 12.8 Å². The highest BCUT2D eigenvalue weighted by molar-refractivity contribution is 8.00. The fraction of sp³-hybridized carbons (Fsp3) is 0.364. The molecule has 1 aromatic rings. The van der Waals surface area contributed by atoms with Crippen LogP contribution in [-0.2, 0) is 0 Å². The average Bonchev–Trinajstić information content (AvgIpc) is 2.19. The smallest absolute Gasteiger partial charge is 0.251 e. The third kappa shape index (κ3) is 3.16. The number of hydrogen-bond donors (Lipinski definition) is 2. The van der Waals surface area contributed by atoms with Gasteiger partial charge in [-0.2, -0.15) is 0 Å². The Kier molecular flexibility index (Phi) is 4.03. The topological polar surface area (TPSA) is 55.1 Å². The first-order valence-electron chi connectivity index (χ1n) is 4.83. The molecule has 0 unspecified atom stereocenters. The monoisotopic (exact) mass is 224 g/mol. The molecule has 3 nitrogen and oxygen atoms in total. The van der Waals surface area contributed by atoms with E-state index in [-0.39, 0.29) is 5.91 Å². The summed E-state index contributed by atoms with van der Waals surface area (Å²) in [5, 5.41) is 3.04. The maximum absolute atomic E-state index is 11.4. The average molecular weight is 224 g/mol. The van der Waals surface area contributed by atoms with Gasteiger partial charge >= 0.3 is 0 Å². The third-order valence-corrected chi connectivity index (χ3v) is 2.94. The van der Waals surface area contributed by atoms with Crippen molar-refractivity contribution in [1.29, 1.82) is 0 Å². The Balaban J connectivity index is 2.99. The van der Waals surface area contributed by atoms with Gasteiger partial charge in [0.15, 0.2) is 0 Å². The van der Waals surface area contributed by atoms with E-state index in [9.17, 15) is 4.79 Å². The van der Waals surface area contributed by atoms with Crippen molar-refractivity contribution in [2.24, 2.45) is 0 Å². The number of anilines is 1. The minimum atomic E-state index is -0.0828. The molecule has 0 fully saturated rings. The molecule has 15 heavy (non-hydrogen) atoms. The molecule has 0 radical (unpaired) electrons. The molecule has 0 saturated carbocycles. The molecule has 0 atom stereocenters. The summed E-state index contributed by atoms with van der Waals surface area (Å²) in [7, 11) is 1.62. The largest absolute Gasteiger partial charge is 0.398 e. The fourth-order valence-electron chi connectivity index (χ4n) is 1.18. The van der Waals surface area contributed by atoms with Crippen LogP contribution in [0.3, 0.4) is 0 Å². The van der Waals surface area contributed by atoms with Crippen LogP contribution in [0.5, 0.6) is 0 Å². The van der Waals surface area contributed by atoms with Crippen LogP contribution in [0.15, 0.2) is 23.1 Å². The maximum Gasteiger partial charge on any atom is 0.251 e. The van der Waals surface area contributed by atoms with E-state index in [1.807, 2.05) is 6.07 Å². The molecule has 0 aliphatic heterocycles. The van der Waals surface area contributed by atoms with E-state index in [1.165, 1.54) is 0 Å². The van der Waals surface area contributed by atoms with Crippen molar-refractivity contribution in [3.05, 3.63) is 23.8 Å². The Morgan fingerprint density at radius 1 is 1.47 bits per heavy atom. The molecule has 0 spiro atoms. The van der Waals surface area contributed by atoms with Gasteiger partial charge in [-0.3, -0.25) is 4.79 Å². The lowest BCUT2D eigenvalue weighted by Crippen LogP contribution is -2.17. The number of nitrogens with two attached hydrogens (primary N) is 1. The molecule has 1 aromatic carbocycles. The van der Waals surface area contributed by atoms with Crippen molar-refractivity contribution in [3.8, 4) is 0 Å². The van der Waals surface area contributed by atoms with Crippen molar-refractivity contribution >= 4 is 23.4 Å². The molecular weight excluding hydrogens is 208 g/mol. The zero-order chi connectivity index (χ0) is 11.4. The number of rotatable bonds is 3. The van der Waals surface area contributed by atoms with E-state index in [2.05, 4.69) is 19.2 Å². The van der Waals surface area contributed by atoms with Gasteiger partial charge in [0.2, 0.25) is 0 Å². The number of carbonyl (C=O) groups is 1. The summed E-state index contributed by atoms with van der Waals surface area (Å²) < 4.78 is 0. The number of thioether (sulfide) groups is 1. The molecular formula is C11H16N2OS. The Hall–Kier alpha value is -1.16. The molecule has 0 saturated heterocycles. The normalized spacial score (nSPS) is 10.4. The van der Waals surface area contributed by atoms with E-state index in [0.717, 1.165) is 10.6 Å². The first kappa shape index (κ1) is 11.9. The second kappa shape index (κ2) is 5.07. The number of hydrogen-bond acceptors (Lipinski definition) is 3. The summed E-state index contributed by atoms with van der Waals surface area (Å²) in [6.45, 7) is 4.19. The fourth-order valence-corrected chi connectivity index (χ4v) is 2.08. The predicted octanol–water partition coefficient (Wildman–Crippen LogP) is 2.13. The lowest BCUT2D eigenvalue weighted by molar-refractivity contribution is 0.0963. The number of benzene rings is 1. The molecule has 0 aliphatic carbocycles. The van der Waals surface area contributed by atoms with Gasteiger partial charge in [0.1, 0.15) is 0 Å². The zero-order valence-electron chi connectivity index (χ0n) is 9.20. The number of nitrogen functional groups attached to an aromatic ring is 1. The summed E-state index contributed by atoms with van der Waals surface area (Å²) in [5.74, 6) is -0.0828. The third-order valence-electron chi connectivity index (χ3n) is 1.87. The van der Waals surface area contributed by atoms with Gasteiger partial charge in [-0.05, 0) is 18.2 Å². The van der Waals surface area contributed by atoms with Gasteiger partial charge in [0, 0.05) is 28.4 Å². The van der Waals surface area contributed by atoms with E-state index < -0.39 is 0 Å². The second-order valence-electron chi connectivity index (χ2n) is 3.50. The molecule has 0 aromatic heterocycles. The summed E-state index contributed by atoms with van der Waals surface area (Å²) in [5.41, 5.74) is 7.20. The lowest BCUT2D eigenvalue weighted by atomic mass is 10.2. The number of nitrogens with one attached hydrogen (secondary N) is 1. The maximum atomic E-state index is 11.4. The number of amides is 1. The molecule has 0 aliphatic rings. The van der Waals surface area contributed by atoms with Crippen molar-refractivity contribution in [3.63, 3.8) is 0 Å². The van der Waals surface area contributed by atoms with Crippen molar-refractivity contribution in [2.45, 2.75) is 24.0 Å². The SMILES string of the molecule is CNC(=O)c1ccc(N)c(SC(C)C)c1. The molecule has 3 N–H and O–H groups in total. The minimum Gasteiger partial charge on any atom is -0.398 e. The standard InChI is InChI=1S/C11H16N2OS/c1-7(2)15-10-6-8(11(14)13-3)4-5-9(10)12/h4-7H,12H2,1-3H3,(H,13,14). The highest BCUT2D eigenvalue weighted by atomic mass is 32.2. The molecule has 0 bridgehead atoms. The summed E-state index contributed by atoms with van der Waals surface area (Å²) in [4.78, 5) is 12.4. The highest BCUT2D eigenvalue weighted by Gasteiger charge is 2.08. The van der Waals surface area contributed by atoms with Gasteiger partial charge in [-0.1, -0.05) is 13.8 Å². The van der Waals surface area contributed by atoms with Gasteiger partial charge in [0.05, 0.1) is 0 Å². The Labute approximate surface area is 94.4 Å². The van der Waals surface area contributed by atoms with Crippen molar-refractivity contribution < 1.29 is 4.79 Å². The number of carbonyl (C=O) groups excluding carboxylic acids is 1. The zero-order valence-corrected chi connectivity index (χ0v) is 10.0. The van der Waals surface area contributed by atoms with E-state index in [4.69, 9.17) is 5.73 Å². The molecule has 1 rings (SSSR count). The van der Waals surface area contributed by atoms with E-state index in [1.54, 1.807) is 30.9 Å². The van der Waals surface area contributed by atoms with Crippen LogP contribution in [0.2, 0.25) is 0 Å². The molecule has 4 heteroatoms. The van der Waals surface area contributed by atoms with Gasteiger partial charge in [-0.25, -0.2) is 0 Å². The van der Waals surface area contributed by atoms with Crippen LogP contribution in [0.1, 0.15) is 24.2 Å². The van der Waals surface area contributed by atoms with Crippen LogP contribution in [-0.4, -0.2) is 18.2 Å². The second-order valence-corrected chi connectivity index (χ2v) is 5.12. The van der Waals surface area contributed by atoms with Gasteiger partial charge in [0.25, 0.3) is 5.91 Å². The summed E-state index contributed by atoms with van der Waals surface area (Å²) in [6, 6.07) is 5.34. The van der Waals surface area contributed by atoms with Crippen LogP contribution >= 0.6 is 11.8 Å². The first-order chi connectivity index (χ1) is 7.04. The van der Waals surface area contributed by atoms with Crippen LogP contribution in [0.4, 0.5) is 5.69 Å². The first-order valence-corrected chi connectivity index (χ1v) is 5.71. The molecule has 1 amide bonds. The lowest BCUT2D eigenvalue weighted by Gasteiger charge is -2.09. The Bertz CT molecular complexity index is 364. The van der Waals surface area contributed by atoms with Crippen LogP contribution < -0.4 is 11.1 Å². The van der Waals surface area contributed by atoms with Crippen LogP contribution in [0.25, 0.3) is 0 Å². The summed E-state index contributed by atoms with van der Waals surface area (Å²) >= 11 is 1.66. The highest BCUT2D eigenvalue weighted by Crippen LogP contribution is 2.29. The Morgan fingerprint density at radius 2 is 2.13 bits per heavy atom. The molecule has 0 heterocycles. The van der Waals surface area contributed by atoms with E-state index in [0.29, 0.717) is 10.8 Å². The predicted molar refractivity (Wildman–Crippen MR) is 65.2 cm³/mol. The van der Waals surface area contributed by atoms with Gasteiger partial charge in [-0.15, -0.1) is 11.8 Å². The minimum absolute atomic E-state index is 0.0828. The van der Waals surface area contributed by atoms with Crippen molar-refractivity contribution in [1.82, 2.24) is 5.32 Å². The Morgan fingerprint density at radius 3 is 2.67 bits per heavy atom. The van der Waals surface area contributed by atoms with Gasteiger partial charge < -0.3 is 11.1 Å². The van der Waals surface area contributed by atoms with E-state index >= 15 is 0 Å². The summed E-state index contributed by atoms with van der Waals surface area (Å²) in [6.07, 6.45) is 0.